The minimum atomic E-state index is -0.460. The number of aliphatic hydroxyl groups excluding tert-OH is 1. The number of benzene rings is 2. The molecule has 3 rings (SSSR count). The van der Waals surface area contributed by atoms with Gasteiger partial charge in [0.05, 0.1) is 37.7 Å². The van der Waals surface area contributed by atoms with Crippen molar-refractivity contribution in [1.29, 1.82) is 0 Å². The van der Waals surface area contributed by atoms with Crippen LogP contribution in [0.15, 0.2) is 42.5 Å². The number of amides is 1. The predicted octanol–water partition coefficient (Wildman–Crippen LogP) is 1.20. The first-order valence-corrected chi connectivity index (χ1v) is 9.40. The Kier molecular flexibility index (Phi) is 6.45. The maximum atomic E-state index is 12.5. The van der Waals surface area contributed by atoms with Gasteiger partial charge in [0.15, 0.2) is 0 Å². The van der Waals surface area contributed by atoms with Crippen molar-refractivity contribution in [3.8, 4) is 0 Å². The third-order valence-electron chi connectivity index (χ3n) is 4.79. The maximum Gasteiger partial charge on any atom is 0.293 e. The van der Waals surface area contributed by atoms with E-state index in [-0.39, 0.29) is 17.9 Å². The molecule has 2 aromatic rings. The summed E-state index contributed by atoms with van der Waals surface area (Å²) in [4.78, 5) is 26.9. The molecule has 3 N–H and O–H groups in total. The van der Waals surface area contributed by atoms with Crippen molar-refractivity contribution < 1.29 is 19.7 Å². The topological polar surface area (TPSA) is 100 Å². The Morgan fingerprint density at radius 1 is 1.25 bits per heavy atom. The van der Waals surface area contributed by atoms with Gasteiger partial charge in [-0.3, -0.25) is 14.9 Å². The first-order valence-electron chi connectivity index (χ1n) is 9.02. The molecule has 1 saturated heterocycles. The summed E-state index contributed by atoms with van der Waals surface area (Å²) in [5.41, 5.74) is 1.14. The van der Waals surface area contributed by atoms with Crippen LogP contribution in [-0.2, 0) is 0 Å². The van der Waals surface area contributed by atoms with Crippen LogP contribution < -0.4 is 15.1 Å². The lowest BCUT2D eigenvalue weighted by atomic mass is 10.1. The average Bonchev–Trinajstić information content (AvgIpc) is 2.68. The number of nitrogens with zero attached hydrogens (tertiary/aromatic N) is 2. The first-order chi connectivity index (χ1) is 13.5. The van der Waals surface area contributed by atoms with Crippen molar-refractivity contribution >= 4 is 34.6 Å². The molecule has 0 aromatic heterocycles. The summed E-state index contributed by atoms with van der Waals surface area (Å²) in [5, 5.41) is 23.8. The molecule has 1 aliphatic heterocycles. The van der Waals surface area contributed by atoms with Crippen LogP contribution in [0.25, 0.3) is 0 Å². The van der Waals surface area contributed by atoms with E-state index in [1.807, 2.05) is 4.90 Å². The number of nitro benzene ring substituents is 1. The number of aliphatic hydroxyl groups is 1. The second-order valence-corrected chi connectivity index (χ2v) is 7.07. The molecule has 2 aromatic carbocycles. The lowest BCUT2D eigenvalue weighted by molar-refractivity contribution is -0.900. The standard InChI is InChI=1S/C19H21ClN4O4/c20-15-2-1-3-16(13-15)21-19(26)14-4-5-17(18(12-14)24(27)28)23-8-6-22(7-9-23)10-11-25/h1-5,12-13,25H,6-11H2,(H,21,26)/p+1. The number of carbonyl (C=O) groups is 1. The number of hydrogen-bond donors (Lipinski definition) is 3. The Morgan fingerprint density at radius 3 is 2.64 bits per heavy atom. The summed E-state index contributed by atoms with van der Waals surface area (Å²) in [6.07, 6.45) is 0. The molecule has 148 valence electrons. The molecule has 0 unspecified atom stereocenters. The van der Waals surface area contributed by atoms with Gasteiger partial charge in [0, 0.05) is 22.3 Å². The molecular weight excluding hydrogens is 384 g/mol. The van der Waals surface area contributed by atoms with E-state index in [1.165, 1.54) is 11.0 Å². The Balaban J connectivity index is 1.77. The Labute approximate surface area is 167 Å². The number of nitrogens with one attached hydrogen (secondary N) is 2. The highest BCUT2D eigenvalue weighted by atomic mass is 35.5. The van der Waals surface area contributed by atoms with Crippen LogP contribution in [0.5, 0.6) is 0 Å². The zero-order valence-electron chi connectivity index (χ0n) is 15.2. The smallest absolute Gasteiger partial charge is 0.293 e. The van der Waals surface area contributed by atoms with Crippen LogP contribution in [-0.4, -0.2) is 55.3 Å². The van der Waals surface area contributed by atoms with Crippen LogP contribution in [0.2, 0.25) is 5.02 Å². The van der Waals surface area contributed by atoms with Gasteiger partial charge in [-0.25, -0.2) is 0 Å². The molecule has 8 nitrogen and oxygen atoms in total. The molecule has 0 spiro atoms. The predicted molar refractivity (Wildman–Crippen MR) is 107 cm³/mol. The number of quaternary nitrogens is 1. The molecule has 9 heteroatoms. The first kappa shape index (κ1) is 20.1. The SMILES string of the molecule is O=C(Nc1cccc(Cl)c1)c1ccc(N2CC[NH+](CCO)CC2)c([N+](=O)[O-])c1. The molecule has 0 radical (unpaired) electrons. The van der Waals surface area contributed by atoms with Gasteiger partial charge in [-0.2, -0.15) is 0 Å². The highest BCUT2D eigenvalue weighted by Gasteiger charge is 2.26. The molecule has 1 fully saturated rings. The van der Waals surface area contributed by atoms with Crippen LogP contribution in [0, 0.1) is 10.1 Å². The highest BCUT2D eigenvalue weighted by Crippen LogP contribution is 2.29. The van der Waals surface area contributed by atoms with E-state index in [9.17, 15) is 14.9 Å². The number of halogens is 1. The lowest BCUT2D eigenvalue weighted by Gasteiger charge is -2.33. The molecule has 1 heterocycles. The normalized spacial score (nSPS) is 14.7. The lowest BCUT2D eigenvalue weighted by Crippen LogP contribution is -3.15. The summed E-state index contributed by atoms with van der Waals surface area (Å²) >= 11 is 5.92. The minimum absolute atomic E-state index is 0.0932. The van der Waals surface area contributed by atoms with Gasteiger partial charge in [0.1, 0.15) is 12.2 Å². The van der Waals surface area contributed by atoms with Gasteiger partial charge in [0.2, 0.25) is 0 Å². The molecule has 1 amide bonds. The van der Waals surface area contributed by atoms with Gasteiger partial charge in [-0.15, -0.1) is 0 Å². The summed E-state index contributed by atoms with van der Waals surface area (Å²) in [6, 6.07) is 11.2. The van der Waals surface area contributed by atoms with Gasteiger partial charge in [-0.1, -0.05) is 17.7 Å². The van der Waals surface area contributed by atoms with Gasteiger partial charge >= 0.3 is 0 Å². The van der Waals surface area contributed by atoms with E-state index in [0.29, 0.717) is 36.0 Å². The third kappa shape index (κ3) is 4.78. The van der Waals surface area contributed by atoms with Crippen LogP contribution >= 0.6 is 11.6 Å². The number of nitro groups is 1. The molecule has 0 aliphatic carbocycles. The zero-order valence-corrected chi connectivity index (χ0v) is 16.0. The zero-order chi connectivity index (χ0) is 20.1. The quantitative estimate of drug-likeness (QED) is 0.495. The molecule has 28 heavy (non-hydrogen) atoms. The fraction of sp³-hybridized carbons (Fsp3) is 0.316. The van der Waals surface area contributed by atoms with Crippen LogP contribution in [0.1, 0.15) is 10.4 Å². The van der Waals surface area contributed by atoms with Crippen LogP contribution in [0.4, 0.5) is 17.1 Å². The van der Waals surface area contributed by atoms with Crippen molar-refractivity contribution in [2.75, 3.05) is 49.5 Å². The summed E-state index contributed by atoms with van der Waals surface area (Å²) in [5.74, 6) is -0.436. The van der Waals surface area contributed by atoms with E-state index in [4.69, 9.17) is 16.7 Å². The number of anilines is 2. The average molecular weight is 406 g/mol. The monoisotopic (exact) mass is 405 g/mol. The highest BCUT2D eigenvalue weighted by molar-refractivity contribution is 6.31. The molecule has 1 aliphatic rings. The fourth-order valence-electron chi connectivity index (χ4n) is 3.32. The van der Waals surface area contributed by atoms with E-state index in [2.05, 4.69) is 5.32 Å². The largest absolute Gasteiger partial charge is 0.391 e. The van der Waals surface area contributed by atoms with E-state index >= 15 is 0 Å². The molecule has 0 atom stereocenters. The molecular formula is C19H22ClN4O4+. The van der Waals surface area contributed by atoms with E-state index in [1.54, 1.807) is 36.4 Å². The summed E-state index contributed by atoms with van der Waals surface area (Å²) < 4.78 is 0. The summed E-state index contributed by atoms with van der Waals surface area (Å²) in [6.45, 7) is 3.72. The van der Waals surface area contributed by atoms with Gasteiger partial charge in [-0.05, 0) is 30.3 Å². The number of rotatable bonds is 6. The third-order valence-corrected chi connectivity index (χ3v) is 5.03. The van der Waals surface area contributed by atoms with Crippen molar-refractivity contribution in [2.45, 2.75) is 0 Å². The number of carbonyl (C=O) groups excluding carboxylic acids is 1. The Hall–Kier alpha value is -2.68. The maximum absolute atomic E-state index is 12.5. The minimum Gasteiger partial charge on any atom is -0.391 e. The second kappa shape index (κ2) is 9.01. The number of hydrogen-bond acceptors (Lipinski definition) is 5. The van der Waals surface area contributed by atoms with Crippen molar-refractivity contribution in [3.05, 3.63) is 63.2 Å². The van der Waals surface area contributed by atoms with E-state index in [0.717, 1.165) is 13.1 Å². The van der Waals surface area contributed by atoms with Crippen molar-refractivity contribution in [1.82, 2.24) is 0 Å². The van der Waals surface area contributed by atoms with Crippen molar-refractivity contribution in [3.63, 3.8) is 0 Å². The van der Waals surface area contributed by atoms with E-state index < -0.39 is 10.8 Å². The van der Waals surface area contributed by atoms with Crippen LogP contribution in [0.3, 0.4) is 0 Å². The Morgan fingerprint density at radius 2 is 2.00 bits per heavy atom. The molecule has 0 bridgehead atoms. The number of piperazine rings is 1. The Bertz CT molecular complexity index is 869. The van der Waals surface area contributed by atoms with Gasteiger partial charge in [0.25, 0.3) is 11.6 Å². The van der Waals surface area contributed by atoms with Gasteiger partial charge < -0.3 is 20.2 Å². The second-order valence-electron chi connectivity index (χ2n) is 6.64. The van der Waals surface area contributed by atoms with Crippen molar-refractivity contribution in [2.24, 2.45) is 0 Å². The summed E-state index contributed by atoms with van der Waals surface area (Å²) in [7, 11) is 0. The fourth-order valence-corrected chi connectivity index (χ4v) is 3.51. The molecule has 0 saturated carbocycles.